The predicted molar refractivity (Wildman–Crippen MR) is 68.7 cm³/mol. The highest BCUT2D eigenvalue weighted by Crippen LogP contribution is 2.20. The normalized spacial score (nSPS) is 13.9. The summed E-state index contributed by atoms with van der Waals surface area (Å²) in [6.45, 7) is 11.6. The second kappa shape index (κ2) is 6.15. The van der Waals surface area contributed by atoms with Gasteiger partial charge in [0.1, 0.15) is 0 Å². The van der Waals surface area contributed by atoms with E-state index >= 15 is 0 Å². The topological polar surface area (TPSA) is 51.0 Å². The smallest absolute Gasteiger partial charge is 0.240 e. The van der Waals surface area contributed by atoms with Crippen LogP contribution < -0.4 is 5.32 Å². The van der Waals surface area contributed by atoms with Crippen molar-refractivity contribution in [2.75, 3.05) is 0 Å². The van der Waals surface area contributed by atoms with Gasteiger partial charge in [-0.25, -0.2) is 0 Å². The molecule has 0 aromatic carbocycles. The second-order valence-electron chi connectivity index (χ2n) is 5.86. The molecule has 0 spiro atoms. The highest BCUT2D eigenvalue weighted by Gasteiger charge is 2.13. The molecule has 4 nitrogen and oxygen atoms in total. The van der Waals surface area contributed by atoms with Crippen LogP contribution in [0.1, 0.15) is 59.2 Å². The van der Waals surface area contributed by atoms with Gasteiger partial charge < -0.3 is 9.84 Å². The fourth-order valence-electron chi connectivity index (χ4n) is 1.36. The Morgan fingerprint density at radius 3 is 2.65 bits per heavy atom. The summed E-state index contributed by atoms with van der Waals surface area (Å²) in [6, 6.07) is 0.486. The molecular weight excluding hydrogens is 214 g/mol. The third kappa shape index (κ3) is 5.82. The number of hydrogen-bond donors (Lipinski definition) is 1. The van der Waals surface area contributed by atoms with E-state index in [-0.39, 0.29) is 0 Å². The Balaban J connectivity index is 2.37. The van der Waals surface area contributed by atoms with E-state index in [0.717, 1.165) is 25.1 Å². The van der Waals surface area contributed by atoms with Crippen molar-refractivity contribution >= 4 is 0 Å². The van der Waals surface area contributed by atoms with Crippen LogP contribution in [-0.4, -0.2) is 16.2 Å². The minimum atomic E-state index is 0.315. The van der Waals surface area contributed by atoms with Crippen LogP contribution in [-0.2, 0) is 13.0 Å². The van der Waals surface area contributed by atoms with E-state index in [4.69, 9.17) is 4.52 Å². The van der Waals surface area contributed by atoms with Crippen molar-refractivity contribution in [1.82, 2.24) is 15.5 Å². The lowest BCUT2D eigenvalue weighted by Gasteiger charge is -2.15. The Bertz CT molecular complexity index is 328. The van der Waals surface area contributed by atoms with Gasteiger partial charge in [-0.1, -0.05) is 32.9 Å². The molecule has 98 valence electrons. The molecule has 0 amide bonds. The van der Waals surface area contributed by atoms with Crippen molar-refractivity contribution in [3.63, 3.8) is 0 Å². The van der Waals surface area contributed by atoms with E-state index in [0.29, 0.717) is 23.9 Å². The van der Waals surface area contributed by atoms with Crippen LogP contribution in [0.4, 0.5) is 0 Å². The Morgan fingerprint density at radius 1 is 1.35 bits per heavy atom. The molecule has 1 atom stereocenters. The molecule has 0 aliphatic carbocycles. The van der Waals surface area contributed by atoms with Gasteiger partial charge in [-0.3, -0.25) is 0 Å². The summed E-state index contributed by atoms with van der Waals surface area (Å²) in [5.74, 6) is 1.51. The molecule has 0 saturated carbocycles. The van der Waals surface area contributed by atoms with Gasteiger partial charge in [-0.2, -0.15) is 4.98 Å². The van der Waals surface area contributed by atoms with E-state index in [9.17, 15) is 0 Å². The van der Waals surface area contributed by atoms with Crippen LogP contribution in [0, 0.1) is 5.41 Å². The van der Waals surface area contributed by atoms with E-state index in [2.05, 4.69) is 50.1 Å². The first-order chi connectivity index (χ1) is 7.90. The zero-order valence-electron chi connectivity index (χ0n) is 11.7. The summed E-state index contributed by atoms with van der Waals surface area (Å²) < 4.78 is 5.20. The first-order valence-corrected chi connectivity index (χ1v) is 6.45. The van der Waals surface area contributed by atoms with Gasteiger partial charge in [0.15, 0.2) is 5.82 Å². The third-order valence-electron chi connectivity index (χ3n) is 2.82. The standard InChI is InChI=1S/C13H25N3O/c1-6-10(2)14-9-12-15-11(16-17-12)7-8-13(3,4)5/h10,14H,6-9H2,1-5H3. The van der Waals surface area contributed by atoms with Crippen molar-refractivity contribution in [1.29, 1.82) is 0 Å². The summed E-state index contributed by atoms with van der Waals surface area (Å²) in [4.78, 5) is 4.38. The zero-order valence-corrected chi connectivity index (χ0v) is 11.7. The molecule has 1 N–H and O–H groups in total. The highest BCUT2D eigenvalue weighted by atomic mass is 16.5. The number of rotatable bonds is 6. The van der Waals surface area contributed by atoms with Gasteiger partial charge in [0, 0.05) is 12.5 Å². The van der Waals surface area contributed by atoms with E-state index in [1.807, 2.05) is 0 Å². The minimum Gasteiger partial charge on any atom is -0.338 e. The molecule has 1 aromatic rings. The summed E-state index contributed by atoms with van der Waals surface area (Å²) in [5, 5.41) is 7.33. The van der Waals surface area contributed by atoms with Gasteiger partial charge in [-0.05, 0) is 25.2 Å². The summed E-state index contributed by atoms with van der Waals surface area (Å²) in [6.07, 6.45) is 3.06. The molecule has 1 aromatic heterocycles. The summed E-state index contributed by atoms with van der Waals surface area (Å²) in [5.41, 5.74) is 0.315. The fraction of sp³-hybridized carbons (Fsp3) is 0.846. The van der Waals surface area contributed by atoms with Crippen molar-refractivity contribution in [3.05, 3.63) is 11.7 Å². The van der Waals surface area contributed by atoms with Crippen LogP contribution in [0.15, 0.2) is 4.52 Å². The van der Waals surface area contributed by atoms with E-state index in [1.54, 1.807) is 0 Å². The van der Waals surface area contributed by atoms with E-state index < -0.39 is 0 Å². The maximum Gasteiger partial charge on any atom is 0.240 e. The molecule has 1 heterocycles. The fourth-order valence-corrected chi connectivity index (χ4v) is 1.36. The lowest BCUT2D eigenvalue weighted by atomic mass is 9.90. The Morgan fingerprint density at radius 2 is 2.06 bits per heavy atom. The third-order valence-corrected chi connectivity index (χ3v) is 2.82. The Kier molecular flexibility index (Phi) is 5.12. The molecule has 0 bridgehead atoms. The largest absolute Gasteiger partial charge is 0.338 e. The summed E-state index contributed by atoms with van der Waals surface area (Å²) >= 11 is 0. The molecule has 0 radical (unpaired) electrons. The molecule has 4 heteroatoms. The van der Waals surface area contributed by atoms with Gasteiger partial charge in [0.2, 0.25) is 5.89 Å². The Hall–Kier alpha value is -0.900. The average molecular weight is 239 g/mol. The van der Waals surface area contributed by atoms with Crippen LogP contribution >= 0.6 is 0 Å². The Labute approximate surface area is 104 Å². The minimum absolute atomic E-state index is 0.315. The number of aryl methyl sites for hydroxylation is 1. The lowest BCUT2D eigenvalue weighted by molar-refractivity contribution is 0.345. The molecule has 1 unspecified atom stereocenters. The first kappa shape index (κ1) is 14.2. The maximum absolute atomic E-state index is 5.20. The van der Waals surface area contributed by atoms with Crippen molar-refractivity contribution in [3.8, 4) is 0 Å². The quantitative estimate of drug-likeness (QED) is 0.829. The van der Waals surface area contributed by atoms with Gasteiger partial charge >= 0.3 is 0 Å². The number of nitrogens with one attached hydrogen (secondary N) is 1. The highest BCUT2D eigenvalue weighted by molar-refractivity contribution is 4.87. The predicted octanol–water partition coefficient (Wildman–Crippen LogP) is 2.94. The van der Waals surface area contributed by atoms with Crippen molar-refractivity contribution in [2.24, 2.45) is 5.41 Å². The maximum atomic E-state index is 5.20. The van der Waals surface area contributed by atoms with Crippen LogP contribution in [0.3, 0.4) is 0 Å². The van der Waals surface area contributed by atoms with Gasteiger partial charge in [-0.15, -0.1) is 0 Å². The molecule has 0 fully saturated rings. The molecule has 0 aliphatic rings. The monoisotopic (exact) mass is 239 g/mol. The molecule has 1 rings (SSSR count). The van der Waals surface area contributed by atoms with Crippen LogP contribution in [0.5, 0.6) is 0 Å². The van der Waals surface area contributed by atoms with Crippen molar-refractivity contribution in [2.45, 2.75) is 66.5 Å². The lowest BCUT2D eigenvalue weighted by Crippen LogP contribution is -2.24. The number of hydrogen-bond acceptors (Lipinski definition) is 4. The summed E-state index contributed by atoms with van der Waals surface area (Å²) in [7, 11) is 0. The molecule has 0 saturated heterocycles. The van der Waals surface area contributed by atoms with Gasteiger partial charge in [0.05, 0.1) is 6.54 Å². The number of aromatic nitrogens is 2. The molecule has 17 heavy (non-hydrogen) atoms. The first-order valence-electron chi connectivity index (χ1n) is 6.45. The SMILES string of the molecule is CCC(C)NCc1nc(CCC(C)(C)C)no1. The molecular formula is C13H25N3O. The number of nitrogens with zero attached hydrogens (tertiary/aromatic N) is 2. The second-order valence-corrected chi connectivity index (χ2v) is 5.86. The van der Waals surface area contributed by atoms with Gasteiger partial charge in [0.25, 0.3) is 0 Å². The van der Waals surface area contributed by atoms with E-state index in [1.165, 1.54) is 0 Å². The van der Waals surface area contributed by atoms with Crippen LogP contribution in [0.25, 0.3) is 0 Å². The van der Waals surface area contributed by atoms with Crippen molar-refractivity contribution < 1.29 is 4.52 Å². The van der Waals surface area contributed by atoms with Crippen LogP contribution in [0.2, 0.25) is 0 Å². The molecule has 0 aliphatic heterocycles. The zero-order chi connectivity index (χ0) is 12.9. The average Bonchev–Trinajstić information content (AvgIpc) is 2.70.